The Morgan fingerprint density at radius 2 is 2.21 bits per heavy atom. The number of rotatable bonds is 6. The second-order valence-electron chi connectivity index (χ2n) is 5.79. The van der Waals surface area contributed by atoms with E-state index in [9.17, 15) is 0 Å². The lowest BCUT2D eigenvalue weighted by atomic mass is 9.86. The Balaban J connectivity index is 1.64. The van der Waals surface area contributed by atoms with Gasteiger partial charge in [0, 0.05) is 40.4 Å². The van der Waals surface area contributed by atoms with Gasteiger partial charge in [-0.2, -0.15) is 0 Å². The number of halogens is 1. The van der Waals surface area contributed by atoms with Crippen LogP contribution in [0, 0.1) is 5.92 Å². The fraction of sp³-hybridized carbons (Fsp3) is 0.733. The minimum Gasteiger partial charge on any atom is -0.312 e. The van der Waals surface area contributed by atoms with Crippen LogP contribution in [-0.4, -0.2) is 31.1 Å². The summed E-state index contributed by atoms with van der Waals surface area (Å²) in [6, 6.07) is 2.97. The Morgan fingerprint density at radius 3 is 2.89 bits per heavy atom. The molecule has 2 rings (SSSR count). The van der Waals surface area contributed by atoms with Gasteiger partial charge in [-0.1, -0.05) is 19.8 Å². The minimum atomic E-state index is 0.748. The van der Waals surface area contributed by atoms with Gasteiger partial charge in [0.05, 0.1) is 0 Å². The van der Waals surface area contributed by atoms with Crippen LogP contribution in [0.2, 0.25) is 0 Å². The zero-order valence-electron chi connectivity index (χ0n) is 12.0. The number of nitrogens with one attached hydrogen (secondary N) is 1. The summed E-state index contributed by atoms with van der Waals surface area (Å²) in [7, 11) is 2.21. The third-order valence-electron chi connectivity index (χ3n) is 4.06. The first-order valence-electron chi connectivity index (χ1n) is 7.30. The lowest BCUT2D eigenvalue weighted by Crippen LogP contribution is -2.40. The van der Waals surface area contributed by atoms with Crippen LogP contribution < -0.4 is 5.32 Å². The first-order valence-corrected chi connectivity index (χ1v) is 8.97. The van der Waals surface area contributed by atoms with Gasteiger partial charge in [0.25, 0.3) is 0 Å². The van der Waals surface area contributed by atoms with Crippen molar-refractivity contribution in [2.24, 2.45) is 5.92 Å². The molecule has 0 aliphatic heterocycles. The summed E-state index contributed by atoms with van der Waals surface area (Å²) in [6.45, 7) is 5.68. The Labute approximate surface area is 129 Å². The second-order valence-corrected chi connectivity index (χ2v) is 7.70. The van der Waals surface area contributed by atoms with Crippen LogP contribution in [0.25, 0.3) is 0 Å². The average molecular weight is 345 g/mol. The summed E-state index contributed by atoms with van der Waals surface area (Å²) < 4.78 is 1.20. The molecule has 1 aliphatic carbocycles. The molecule has 2 nitrogen and oxygen atoms in total. The zero-order valence-corrected chi connectivity index (χ0v) is 14.4. The number of hydrogen-bond acceptors (Lipinski definition) is 3. The van der Waals surface area contributed by atoms with Crippen LogP contribution >= 0.6 is 27.3 Å². The van der Waals surface area contributed by atoms with Crippen LogP contribution in [0.5, 0.6) is 0 Å². The number of thiophene rings is 1. The van der Waals surface area contributed by atoms with E-state index in [1.165, 1.54) is 35.0 Å². The van der Waals surface area contributed by atoms with Crippen molar-refractivity contribution in [2.45, 2.75) is 45.2 Å². The van der Waals surface area contributed by atoms with Gasteiger partial charge in [-0.15, -0.1) is 11.3 Å². The molecule has 1 fully saturated rings. The molecule has 0 saturated heterocycles. The van der Waals surface area contributed by atoms with Crippen LogP contribution in [0.4, 0.5) is 0 Å². The minimum absolute atomic E-state index is 0.748. The van der Waals surface area contributed by atoms with Crippen molar-refractivity contribution < 1.29 is 0 Å². The van der Waals surface area contributed by atoms with Gasteiger partial charge in [0.15, 0.2) is 0 Å². The van der Waals surface area contributed by atoms with Crippen molar-refractivity contribution in [3.63, 3.8) is 0 Å². The molecule has 4 heteroatoms. The third-order valence-corrected chi connectivity index (χ3v) is 5.74. The number of hydrogen-bond donors (Lipinski definition) is 1. The highest BCUT2D eigenvalue weighted by Gasteiger charge is 2.20. The fourth-order valence-corrected chi connectivity index (χ4v) is 4.37. The maximum Gasteiger partial charge on any atom is 0.0325 e. The molecular weight excluding hydrogens is 320 g/mol. The molecule has 1 heterocycles. The maximum absolute atomic E-state index is 3.75. The highest BCUT2D eigenvalue weighted by atomic mass is 79.9. The Hall–Kier alpha value is 0.1000. The Bertz CT molecular complexity index is 380. The molecule has 19 heavy (non-hydrogen) atoms. The van der Waals surface area contributed by atoms with E-state index < -0.39 is 0 Å². The van der Waals surface area contributed by atoms with Gasteiger partial charge in [-0.05, 0) is 47.8 Å². The normalized spacial score (nSPS) is 24.0. The van der Waals surface area contributed by atoms with Crippen LogP contribution in [0.3, 0.4) is 0 Å². The van der Waals surface area contributed by atoms with Gasteiger partial charge in [0.1, 0.15) is 0 Å². The highest BCUT2D eigenvalue weighted by molar-refractivity contribution is 9.10. The Morgan fingerprint density at radius 1 is 1.42 bits per heavy atom. The van der Waals surface area contributed by atoms with Gasteiger partial charge >= 0.3 is 0 Å². The molecular formula is C15H25BrN2S. The monoisotopic (exact) mass is 344 g/mol. The summed E-state index contributed by atoms with van der Waals surface area (Å²) in [6.07, 6.45) is 5.59. The molecule has 0 aromatic carbocycles. The first kappa shape index (κ1) is 15.5. The van der Waals surface area contributed by atoms with E-state index in [1.54, 1.807) is 0 Å². The summed E-state index contributed by atoms with van der Waals surface area (Å²) >= 11 is 5.34. The molecule has 0 amide bonds. The summed E-state index contributed by atoms with van der Waals surface area (Å²) in [5.41, 5.74) is 0. The molecule has 2 unspecified atom stereocenters. The van der Waals surface area contributed by atoms with E-state index >= 15 is 0 Å². The molecule has 1 aromatic rings. The van der Waals surface area contributed by atoms with Crippen molar-refractivity contribution in [2.75, 3.05) is 20.1 Å². The van der Waals surface area contributed by atoms with Crippen molar-refractivity contribution in [1.82, 2.24) is 10.2 Å². The first-order chi connectivity index (χ1) is 9.15. The number of likely N-dealkylation sites (N-methyl/N-ethyl adjacent to an activating group) is 1. The van der Waals surface area contributed by atoms with E-state index in [0.29, 0.717) is 0 Å². The van der Waals surface area contributed by atoms with Crippen molar-refractivity contribution in [1.29, 1.82) is 0 Å². The molecule has 1 saturated carbocycles. The van der Waals surface area contributed by atoms with E-state index in [4.69, 9.17) is 0 Å². The van der Waals surface area contributed by atoms with Crippen LogP contribution in [0.1, 0.15) is 37.5 Å². The molecule has 108 valence electrons. The van der Waals surface area contributed by atoms with E-state index in [2.05, 4.69) is 51.6 Å². The standard InChI is InChI=1S/C15H25BrN2S/c1-12-5-3-4-6-15(12)17-7-8-18(2)10-14-9-13(16)11-19-14/h9,11-12,15,17H,3-8,10H2,1-2H3. The Kier molecular flexibility index (Phi) is 6.33. The predicted molar refractivity (Wildman–Crippen MR) is 87.8 cm³/mol. The molecule has 0 spiro atoms. The van der Waals surface area contributed by atoms with Crippen LogP contribution in [-0.2, 0) is 6.54 Å². The van der Waals surface area contributed by atoms with Crippen molar-refractivity contribution >= 4 is 27.3 Å². The molecule has 0 radical (unpaired) electrons. The van der Waals surface area contributed by atoms with Gasteiger partial charge < -0.3 is 10.2 Å². The summed E-state index contributed by atoms with van der Waals surface area (Å²) in [5.74, 6) is 0.854. The van der Waals surface area contributed by atoms with Gasteiger partial charge in [0.2, 0.25) is 0 Å². The predicted octanol–water partition coefficient (Wildman–Crippen LogP) is 4.11. The quantitative estimate of drug-likeness (QED) is 0.835. The van der Waals surface area contributed by atoms with Crippen molar-refractivity contribution in [3.8, 4) is 0 Å². The van der Waals surface area contributed by atoms with Crippen molar-refractivity contribution in [3.05, 3.63) is 20.8 Å². The molecule has 2 atom stereocenters. The van der Waals surface area contributed by atoms with E-state index in [1.807, 2.05) is 11.3 Å². The second kappa shape index (κ2) is 7.77. The smallest absolute Gasteiger partial charge is 0.0325 e. The zero-order chi connectivity index (χ0) is 13.7. The third kappa shape index (κ3) is 5.18. The van der Waals surface area contributed by atoms with Crippen LogP contribution in [0.15, 0.2) is 15.9 Å². The largest absolute Gasteiger partial charge is 0.312 e. The van der Waals surface area contributed by atoms with E-state index in [-0.39, 0.29) is 0 Å². The summed E-state index contributed by atoms with van der Waals surface area (Å²) in [5, 5.41) is 5.90. The molecule has 0 bridgehead atoms. The van der Waals surface area contributed by atoms with Gasteiger partial charge in [-0.25, -0.2) is 0 Å². The molecule has 1 aromatic heterocycles. The fourth-order valence-electron chi connectivity index (χ4n) is 2.84. The van der Waals surface area contributed by atoms with Gasteiger partial charge in [-0.3, -0.25) is 0 Å². The number of nitrogens with zero attached hydrogens (tertiary/aromatic N) is 1. The molecule has 1 aliphatic rings. The lowest BCUT2D eigenvalue weighted by molar-refractivity contribution is 0.259. The maximum atomic E-state index is 3.75. The SMILES string of the molecule is CC1CCCCC1NCCN(C)Cc1cc(Br)cs1. The molecule has 1 N–H and O–H groups in total. The summed E-state index contributed by atoms with van der Waals surface area (Å²) in [4.78, 5) is 3.83. The highest BCUT2D eigenvalue weighted by Crippen LogP contribution is 2.23. The lowest BCUT2D eigenvalue weighted by Gasteiger charge is -2.30. The topological polar surface area (TPSA) is 15.3 Å². The average Bonchev–Trinajstić information content (AvgIpc) is 2.77. The van der Waals surface area contributed by atoms with E-state index in [0.717, 1.165) is 31.6 Å².